The van der Waals surface area contributed by atoms with Crippen LogP contribution < -0.4 is 0 Å². The molecule has 1 aromatic rings. The number of rotatable bonds is 5. The van der Waals surface area contributed by atoms with E-state index in [-0.39, 0.29) is 29.7 Å². The standard InChI is InChI=1S/C26H31FN2O2/c1-5-23(24-17(4)15-28(26(24)31)14-16(2)3)25(30)29-21-10-11-22(29)13-19(12-21)18-6-8-20(27)9-7-18/h5-9,16,19,21-22H,1,4,10-15H2,2-3H3/b24-23-. The lowest BCUT2D eigenvalue weighted by Gasteiger charge is -2.39. The predicted octanol–water partition coefficient (Wildman–Crippen LogP) is 4.60. The van der Waals surface area contributed by atoms with Gasteiger partial charge in [-0.2, -0.15) is 0 Å². The number of piperidine rings is 1. The third-order valence-electron chi connectivity index (χ3n) is 6.83. The monoisotopic (exact) mass is 422 g/mol. The summed E-state index contributed by atoms with van der Waals surface area (Å²) in [5.41, 5.74) is 2.65. The number of amides is 2. The summed E-state index contributed by atoms with van der Waals surface area (Å²) < 4.78 is 13.3. The van der Waals surface area contributed by atoms with Crippen molar-refractivity contribution < 1.29 is 14.0 Å². The minimum atomic E-state index is -0.227. The second-order valence-electron chi connectivity index (χ2n) is 9.49. The maximum Gasteiger partial charge on any atom is 0.255 e. The van der Waals surface area contributed by atoms with Gasteiger partial charge >= 0.3 is 0 Å². The summed E-state index contributed by atoms with van der Waals surface area (Å²) in [5.74, 6) is 0.230. The van der Waals surface area contributed by atoms with Crippen molar-refractivity contribution in [2.45, 2.75) is 57.5 Å². The minimum Gasteiger partial charge on any atom is -0.334 e. The van der Waals surface area contributed by atoms with Gasteiger partial charge in [0.15, 0.2) is 0 Å². The van der Waals surface area contributed by atoms with E-state index in [0.717, 1.165) is 31.2 Å². The Bertz CT molecular complexity index is 933. The van der Waals surface area contributed by atoms with Gasteiger partial charge in [0.1, 0.15) is 5.82 Å². The van der Waals surface area contributed by atoms with Crippen LogP contribution in [-0.4, -0.2) is 46.8 Å². The molecular formula is C26H31FN2O2. The fourth-order valence-corrected chi connectivity index (χ4v) is 5.54. The SMILES string of the molecule is C=C/C(C(=O)N1C2CCC1CC(c1ccc(F)cc1)C2)=C1\C(=C)CN(CC(C)C)C1=O. The lowest BCUT2D eigenvalue weighted by atomic mass is 9.84. The van der Waals surface area contributed by atoms with Crippen LogP contribution in [-0.2, 0) is 9.59 Å². The molecule has 2 unspecified atom stereocenters. The highest BCUT2D eigenvalue weighted by molar-refractivity contribution is 6.11. The Morgan fingerprint density at radius 2 is 1.81 bits per heavy atom. The second kappa shape index (κ2) is 8.45. The van der Waals surface area contributed by atoms with Crippen LogP contribution in [0.15, 0.2) is 60.2 Å². The van der Waals surface area contributed by atoms with Gasteiger partial charge in [-0.25, -0.2) is 4.39 Å². The Morgan fingerprint density at radius 1 is 1.19 bits per heavy atom. The van der Waals surface area contributed by atoms with Gasteiger partial charge in [0, 0.05) is 25.2 Å². The molecule has 2 amide bonds. The lowest BCUT2D eigenvalue weighted by Crippen LogP contribution is -2.46. The first kappa shape index (κ1) is 21.5. The number of nitrogens with zero attached hydrogens (tertiary/aromatic N) is 2. The summed E-state index contributed by atoms with van der Waals surface area (Å²) in [4.78, 5) is 30.4. The van der Waals surface area contributed by atoms with Crippen molar-refractivity contribution in [3.63, 3.8) is 0 Å². The van der Waals surface area contributed by atoms with Crippen molar-refractivity contribution in [2.75, 3.05) is 13.1 Å². The lowest BCUT2D eigenvalue weighted by molar-refractivity contribution is -0.132. The first-order valence-electron chi connectivity index (χ1n) is 11.2. The molecule has 2 atom stereocenters. The molecule has 3 fully saturated rings. The van der Waals surface area contributed by atoms with Gasteiger partial charge in [0.2, 0.25) is 0 Å². The van der Waals surface area contributed by atoms with Crippen LogP contribution in [0.25, 0.3) is 0 Å². The maximum atomic E-state index is 13.6. The van der Waals surface area contributed by atoms with E-state index >= 15 is 0 Å². The van der Waals surface area contributed by atoms with Gasteiger partial charge in [0.25, 0.3) is 11.8 Å². The van der Waals surface area contributed by atoms with Gasteiger partial charge in [-0.1, -0.05) is 45.2 Å². The van der Waals surface area contributed by atoms with E-state index in [9.17, 15) is 14.0 Å². The molecule has 3 aliphatic heterocycles. The van der Waals surface area contributed by atoms with E-state index < -0.39 is 0 Å². The highest BCUT2D eigenvalue weighted by Crippen LogP contribution is 2.44. The zero-order valence-electron chi connectivity index (χ0n) is 18.4. The summed E-state index contributed by atoms with van der Waals surface area (Å²) in [6.45, 7) is 13.2. The molecule has 0 N–H and O–H groups in total. The minimum absolute atomic E-state index is 0.101. The molecule has 0 radical (unpaired) electrons. The van der Waals surface area contributed by atoms with E-state index in [0.29, 0.717) is 41.6 Å². The average Bonchev–Trinajstić information content (AvgIpc) is 3.14. The van der Waals surface area contributed by atoms with Crippen LogP contribution in [0, 0.1) is 11.7 Å². The first-order valence-corrected chi connectivity index (χ1v) is 11.2. The molecule has 31 heavy (non-hydrogen) atoms. The van der Waals surface area contributed by atoms with Crippen LogP contribution in [0.2, 0.25) is 0 Å². The summed E-state index contributed by atoms with van der Waals surface area (Å²) in [6.07, 6.45) is 5.18. The third kappa shape index (κ3) is 3.98. The molecule has 164 valence electrons. The molecule has 0 aliphatic carbocycles. The van der Waals surface area contributed by atoms with Gasteiger partial charge < -0.3 is 9.80 Å². The van der Waals surface area contributed by atoms with Crippen molar-refractivity contribution in [1.29, 1.82) is 0 Å². The predicted molar refractivity (Wildman–Crippen MR) is 120 cm³/mol. The van der Waals surface area contributed by atoms with Gasteiger partial charge in [-0.3, -0.25) is 9.59 Å². The highest BCUT2D eigenvalue weighted by Gasteiger charge is 2.45. The number of carbonyl (C=O) groups is 2. The maximum absolute atomic E-state index is 13.6. The van der Waals surface area contributed by atoms with Crippen molar-refractivity contribution in [2.24, 2.45) is 5.92 Å². The van der Waals surface area contributed by atoms with Crippen LogP contribution in [0.5, 0.6) is 0 Å². The quantitative estimate of drug-likeness (QED) is 0.651. The number of likely N-dealkylation sites (tertiary alicyclic amines) is 1. The fourth-order valence-electron chi connectivity index (χ4n) is 5.54. The zero-order chi connectivity index (χ0) is 22.3. The molecular weight excluding hydrogens is 391 g/mol. The first-order chi connectivity index (χ1) is 14.8. The molecule has 4 rings (SSSR count). The largest absolute Gasteiger partial charge is 0.334 e. The summed E-state index contributed by atoms with van der Waals surface area (Å²) >= 11 is 0. The summed E-state index contributed by atoms with van der Waals surface area (Å²) in [6, 6.07) is 7.00. The Labute approximate surface area is 184 Å². The third-order valence-corrected chi connectivity index (χ3v) is 6.83. The fraction of sp³-hybridized carbons (Fsp3) is 0.462. The van der Waals surface area contributed by atoms with Crippen molar-refractivity contribution in [3.8, 4) is 0 Å². The smallest absolute Gasteiger partial charge is 0.255 e. The van der Waals surface area contributed by atoms with E-state index in [2.05, 4.69) is 27.0 Å². The van der Waals surface area contributed by atoms with Crippen molar-refractivity contribution >= 4 is 11.8 Å². The molecule has 5 heteroatoms. The normalized spacial score (nSPS) is 27.3. The van der Waals surface area contributed by atoms with Gasteiger partial charge in [0.05, 0.1) is 11.1 Å². The van der Waals surface area contributed by atoms with Crippen molar-refractivity contribution in [3.05, 3.63) is 71.6 Å². The van der Waals surface area contributed by atoms with E-state index in [1.807, 2.05) is 17.0 Å². The van der Waals surface area contributed by atoms with Crippen LogP contribution in [0.4, 0.5) is 4.39 Å². The topological polar surface area (TPSA) is 40.6 Å². The Morgan fingerprint density at radius 3 is 2.35 bits per heavy atom. The Balaban J connectivity index is 1.57. The number of benzene rings is 1. The van der Waals surface area contributed by atoms with E-state index in [1.54, 1.807) is 4.90 Å². The summed E-state index contributed by atoms with van der Waals surface area (Å²) in [5, 5.41) is 0. The Kier molecular flexibility index (Phi) is 5.87. The van der Waals surface area contributed by atoms with Crippen LogP contribution in [0.3, 0.4) is 0 Å². The number of halogens is 1. The molecule has 3 aliphatic rings. The van der Waals surface area contributed by atoms with Crippen LogP contribution in [0.1, 0.15) is 51.0 Å². The highest BCUT2D eigenvalue weighted by atomic mass is 19.1. The van der Waals surface area contributed by atoms with E-state index in [1.165, 1.54) is 18.2 Å². The molecule has 3 heterocycles. The summed E-state index contributed by atoms with van der Waals surface area (Å²) in [7, 11) is 0. The molecule has 4 nitrogen and oxygen atoms in total. The Hall–Kier alpha value is -2.69. The molecule has 0 spiro atoms. The number of hydrogen-bond donors (Lipinski definition) is 0. The molecule has 3 saturated heterocycles. The molecule has 2 bridgehead atoms. The van der Waals surface area contributed by atoms with Gasteiger partial charge in [-0.05, 0) is 60.8 Å². The molecule has 0 saturated carbocycles. The molecule has 0 aromatic heterocycles. The average molecular weight is 423 g/mol. The zero-order valence-corrected chi connectivity index (χ0v) is 18.4. The second-order valence-corrected chi connectivity index (χ2v) is 9.49. The number of fused-ring (bicyclic) bond motifs is 2. The number of hydrogen-bond acceptors (Lipinski definition) is 2. The van der Waals surface area contributed by atoms with Gasteiger partial charge in [-0.15, -0.1) is 0 Å². The molecule has 1 aromatic carbocycles. The van der Waals surface area contributed by atoms with Crippen molar-refractivity contribution in [1.82, 2.24) is 9.80 Å². The number of carbonyl (C=O) groups excluding carboxylic acids is 2. The van der Waals surface area contributed by atoms with E-state index in [4.69, 9.17) is 0 Å². The van der Waals surface area contributed by atoms with Crippen LogP contribution >= 0.6 is 0 Å².